The summed E-state index contributed by atoms with van der Waals surface area (Å²) < 4.78 is 0. The van der Waals surface area contributed by atoms with Crippen LogP contribution in [0.4, 0.5) is 5.69 Å². The molecule has 70 valence electrons. The van der Waals surface area contributed by atoms with E-state index < -0.39 is 0 Å². The number of hydrazine groups is 1. The molecule has 0 atom stereocenters. The lowest BCUT2D eigenvalue weighted by Crippen LogP contribution is -2.34. The summed E-state index contributed by atoms with van der Waals surface area (Å²) in [7, 11) is 0. The lowest BCUT2D eigenvalue weighted by Gasteiger charge is -2.08. The van der Waals surface area contributed by atoms with E-state index in [0.29, 0.717) is 5.11 Å². The van der Waals surface area contributed by atoms with Crippen molar-refractivity contribution in [3.8, 4) is 0 Å². The van der Waals surface area contributed by atoms with Crippen LogP contribution in [0.5, 0.6) is 0 Å². The fourth-order valence-corrected chi connectivity index (χ4v) is 1.10. The van der Waals surface area contributed by atoms with Crippen LogP contribution >= 0.6 is 12.2 Å². The van der Waals surface area contributed by atoms with Crippen LogP contribution in [0.25, 0.3) is 0 Å². The first-order valence-electron chi connectivity index (χ1n) is 3.98. The molecule has 1 aromatic carbocycles. The summed E-state index contributed by atoms with van der Waals surface area (Å²) in [5, 5.41) is 3.37. The average molecular weight is 195 g/mol. The monoisotopic (exact) mass is 195 g/mol. The Labute approximate surface area is 83.3 Å². The Morgan fingerprint density at radius 3 is 2.54 bits per heavy atom. The Kier molecular flexibility index (Phi) is 3.22. The van der Waals surface area contributed by atoms with Crippen molar-refractivity contribution in [3.63, 3.8) is 0 Å². The number of nitrogens with two attached hydrogens (primary N) is 1. The molecule has 0 spiro atoms. The van der Waals surface area contributed by atoms with Crippen LogP contribution in [0, 0.1) is 13.8 Å². The highest BCUT2D eigenvalue weighted by Gasteiger charge is 1.97. The summed E-state index contributed by atoms with van der Waals surface area (Å²) in [6.07, 6.45) is 0. The fourth-order valence-electron chi connectivity index (χ4n) is 0.986. The van der Waals surface area contributed by atoms with Gasteiger partial charge in [-0.15, -0.1) is 0 Å². The van der Waals surface area contributed by atoms with Gasteiger partial charge in [-0.1, -0.05) is 6.07 Å². The summed E-state index contributed by atoms with van der Waals surface area (Å²) in [5.74, 6) is 5.13. The Balaban J connectivity index is 2.79. The molecule has 0 fully saturated rings. The first-order chi connectivity index (χ1) is 6.13. The van der Waals surface area contributed by atoms with E-state index in [1.807, 2.05) is 18.2 Å². The Morgan fingerprint density at radius 1 is 1.31 bits per heavy atom. The van der Waals surface area contributed by atoms with Crippen molar-refractivity contribution in [3.05, 3.63) is 29.3 Å². The molecule has 1 rings (SSSR count). The molecule has 0 unspecified atom stereocenters. The SMILES string of the molecule is Cc1ccc(NC(=S)NN)cc1C. The molecular weight excluding hydrogens is 182 g/mol. The second-order valence-electron chi connectivity index (χ2n) is 2.90. The van der Waals surface area contributed by atoms with Crippen molar-refractivity contribution < 1.29 is 0 Å². The fraction of sp³-hybridized carbons (Fsp3) is 0.222. The van der Waals surface area contributed by atoms with Crippen LogP contribution in [0.3, 0.4) is 0 Å². The number of aryl methyl sites for hydroxylation is 2. The van der Waals surface area contributed by atoms with Gasteiger partial charge in [-0.3, -0.25) is 0 Å². The van der Waals surface area contributed by atoms with Crippen molar-refractivity contribution in [2.75, 3.05) is 5.32 Å². The molecule has 0 aromatic heterocycles. The number of benzene rings is 1. The number of rotatable bonds is 1. The normalized spacial score (nSPS) is 9.46. The summed E-state index contributed by atoms with van der Waals surface area (Å²) in [5.41, 5.74) is 5.81. The third-order valence-corrected chi connectivity index (χ3v) is 2.12. The van der Waals surface area contributed by atoms with Crippen LogP contribution in [-0.2, 0) is 0 Å². The van der Waals surface area contributed by atoms with Crippen LogP contribution in [-0.4, -0.2) is 5.11 Å². The highest BCUT2D eigenvalue weighted by atomic mass is 32.1. The van der Waals surface area contributed by atoms with Gasteiger partial charge in [0.1, 0.15) is 0 Å². The van der Waals surface area contributed by atoms with Gasteiger partial charge < -0.3 is 10.7 Å². The van der Waals surface area contributed by atoms with Gasteiger partial charge in [-0.05, 0) is 49.3 Å². The maximum absolute atomic E-state index is 5.13. The topological polar surface area (TPSA) is 50.1 Å². The molecule has 0 heterocycles. The molecule has 0 radical (unpaired) electrons. The molecule has 13 heavy (non-hydrogen) atoms. The molecule has 0 aliphatic carbocycles. The molecule has 0 amide bonds. The average Bonchev–Trinajstić information content (AvgIpc) is 2.11. The van der Waals surface area contributed by atoms with Crippen molar-refractivity contribution in [1.29, 1.82) is 0 Å². The van der Waals surface area contributed by atoms with Gasteiger partial charge in [0.15, 0.2) is 5.11 Å². The van der Waals surface area contributed by atoms with Crippen molar-refractivity contribution in [1.82, 2.24) is 5.43 Å². The summed E-state index contributed by atoms with van der Waals surface area (Å²) in [4.78, 5) is 0. The second-order valence-corrected chi connectivity index (χ2v) is 3.31. The smallest absolute Gasteiger partial charge is 0.185 e. The van der Waals surface area contributed by atoms with E-state index in [4.69, 9.17) is 18.1 Å². The van der Waals surface area contributed by atoms with Gasteiger partial charge in [0.05, 0.1) is 0 Å². The first-order valence-corrected chi connectivity index (χ1v) is 4.39. The summed E-state index contributed by atoms with van der Waals surface area (Å²) in [6.45, 7) is 4.12. The zero-order valence-electron chi connectivity index (χ0n) is 7.72. The van der Waals surface area contributed by atoms with Crippen molar-refractivity contribution >= 4 is 23.0 Å². The molecule has 4 N–H and O–H groups in total. The van der Waals surface area contributed by atoms with Gasteiger partial charge in [0.25, 0.3) is 0 Å². The number of hydrogen-bond acceptors (Lipinski definition) is 2. The minimum Gasteiger partial charge on any atom is -0.332 e. The Morgan fingerprint density at radius 2 is 2.00 bits per heavy atom. The molecule has 0 bridgehead atoms. The van der Waals surface area contributed by atoms with E-state index in [1.165, 1.54) is 11.1 Å². The molecule has 3 nitrogen and oxygen atoms in total. The third-order valence-electron chi connectivity index (χ3n) is 1.90. The quantitative estimate of drug-likeness (QED) is 0.361. The second kappa shape index (κ2) is 4.20. The van der Waals surface area contributed by atoms with E-state index >= 15 is 0 Å². The van der Waals surface area contributed by atoms with Gasteiger partial charge in [-0.25, -0.2) is 5.84 Å². The predicted molar refractivity (Wildman–Crippen MR) is 59.5 cm³/mol. The maximum atomic E-state index is 5.13. The third kappa shape index (κ3) is 2.68. The Hall–Kier alpha value is -1.13. The van der Waals surface area contributed by atoms with E-state index in [0.717, 1.165) is 5.69 Å². The van der Waals surface area contributed by atoms with E-state index in [-0.39, 0.29) is 0 Å². The van der Waals surface area contributed by atoms with Crippen LogP contribution in [0.15, 0.2) is 18.2 Å². The minimum atomic E-state index is 0.420. The number of hydrogen-bond donors (Lipinski definition) is 3. The molecule has 4 heteroatoms. The number of anilines is 1. The zero-order valence-corrected chi connectivity index (χ0v) is 8.53. The Bertz CT molecular complexity index is 323. The van der Waals surface area contributed by atoms with Crippen molar-refractivity contribution in [2.24, 2.45) is 5.84 Å². The zero-order chi connectivity index (χ0) is 9.84. The molecule has 1 aromatic rings. The number of nitrogens with one attached hydrogen (secondary N) is 2. The molecule has 0 saturated carbocycles. The molecular formula is C9H13N3S. The lowest BCUT2D eigenvalue weighted by molar-refractivity contribution is 1.04. The van der Waals surface area contributed by atoms with Crippen LogP contribution in [0.2, 0.25) is 0 Å². The lowest BCUT2D eigenvalue weighted by atomic mass is 10.1. The maximum Gasteiger partial charge on any atom is 0.185 e. The molecule has 0 aliphatic rings. The van der Waals surface area contributed by atoms with Crippen LogP contribution < -0.4 is 16.6 Å². The highest BCUT2D eigenvalue weighted by Crippen LogP contribution is 2.13. The van der Waals surface area contributed by atoms with E-state index in [9.17, 15) is 0 Å². The van der Waals surface area contributed by atoms with E-state index in [1.54, 1.807) is 0 Å². The number of thiocarbonyl (C=S) groups is 1. The standard InChI is InChI=1S/C9H13N3S/c1-6-3-4-8(5-7(6)2)11-9(13)12-10/h3-5H,10H2,1-2H3,(H2,11,12,13). The summed E-state index contributed by atoms with van der Waals surface area (Å²) in [6, 6.07) is 6.03. The predicted octanol–water partition coefficient (Wildman–Crippen LogP) is 1.46. The van der Waals surface area contributed by atoms with Crippen molar-refractivity contribution in [2.45, 2.75) is 13.8 Å². The molecule has 0 saturated heterocycles. The molecule has 0 aliphatic heterocycles. The van der Waals surface area contributed by atoms with E-state index in [2.05, 4.69) is 24.6 Å². The summed E-state index contributed by atoms with van der Waals surface area (Å²) >= 11 is 4.87. The largest absolute Gasteiger partial charge is 0.332 e. The van der Waals surface area contributed by atoms with Gasteiger partial charge in [0.2, 0.25) is 0 Å². The van der Waals surface area contributed by atoms with Gasteiger partial charge in [-0.2, -0.15) is 0 Å². The van der Waals surface area contributed by atoms with Crippen LogP contribution in [0.1, 0.15) is 11.1 Å². The first kappa shape index (κ1) is 9.95. The van der Waals surface area contributed by atoms with Gasteiger partial charge in [0, 0.05) is 5.69 Å². The minimum absolute atomic E-state index is 0.420. The van der Waals surface area contributed by atoms with Gasteiger partial charge >= 0.3 is 0 Å². The highest BCUT2D eigenvalue weighted by molar-refractivity contribution is 7.80.